The molecule has 0 aliphatic heterocycles. The van der Waals surface area contributed by atoms with Gasteiger partial charge in [0.1, 0.15) is 0 Å². The quantitative estimate of drug-likeness (QED) is 0.614. The number of halogens is 1. The van der Waals surface area contributed by atoms with Crippen LogP contribution in [0.3, 0.4) is 0 Å². The molecule has 0 aromatic carbocycles. The SMILES string of the molecule is CC(Br)c1ccncc1. The van der Waals surface area contributed by atoms with Crippen LogP contribution in [-0.4, -0.2) is 4.98 Å². The van der Waals surface area contributed by atoms with Crippen LogP contribution in [0.1, 0.15) is 17.3 Å². The van der Waals surface area contributed by atoms with E-state index in [1.165, 1.54) is 5.56 Å². The summed E-state index contributed by atoms with van der Waals surface area (Å²) in [5, 5.41) is 0. The zero-order valence-electron chi connectivity index (χ0n) is 5.21. The van der Waals surface area contributed by atoms with E-state index in [9.17, 15) is 0 Å². The molecule has 0 N–H and O–H groups in total. The normalized spacial score (nSPS) is 13.1. The van der Waals surface area contributed by atoms with Crippen LogP contribution in [-0.2, 0) is 0 Å². The number of aromatic nitrogens is 1. The Morgan fingerprint density at radius 3 is 2.33 bits per heavy atom. The van der Waals surface area contributed by atoms with Crippen LogP contribution in [0.5, 0.6) is 0 Å². The van der Waals surface area contributed by atoms with Crippen LogP contribution in [0, 0.1) is 0 Å². The molecule has 48 valence electrons. The van der Waals surface area contributed by atoms with Gasteiger partial charge in [0, 0.05) is 17.2 Å². The van der Waals surface area contributed by atoms with Gasteiger partial charge >= 0.3 is 0 Å². The Labute approximate surface area is 63.2 Å². The highest BCUT2D eigenvalue weighted by atomic mass is 79.9. The van der Waals surface area contributed by atoms with Crippen molar-refractivity contribution in [2.24, 2.45) is 0 Å². The standard InChI is InChI=1S/C7H8BrN/c1-6(8)7-2-4-9-5-3-7/h2-6H,1H3. The highest BCUT2D eigenvalue weighted by Crippen LogP contribution is 2.19. The Balaban J connectivity index is 2.85. The second kappa shape index (κ2) is 2.97. The zero-order chi connectivity index (χ0) is 6.69. The molecular formula is C7H8BrN. The van der Waals surface area contributed by atoms with Crippen LogP contribution in [0.25, 0.3) is 0 Å². The zero-order valence-corrected chi connectivity index (χ0v) is 6.80. The molecule has 0 aliphatic carbocycles. The first-order valence-electron chi connectivity index (χ1n) is 2.84. The molecule has 9 heavy (non-hydrogen) atoms. The van der Waals surface area contributed by atoms with Crippen molar-refractivity contribution >= 4 is 15.9 Å². The summed E-state index contributed by atoms with van der Waals surface area (Å²) >= 11 is 3.45. The van der Waals surface area contributed by atoms with Gasteiger partial charge in [-0.25, -0.2) is 0 Å². The van der Waals surface area contributed by atoms with Gasteiger partial charge in [-0.15, -0.1) is 0 Å². The molecule has 0 spiro atoms. The van der Waals surface area contributed by atoms with Gasteiger partial charge in [0.05, 0.1) is 0 Å². The first kappa shape index (κ1) is 6.75. The van der Waals surface area contributed by atoms with Gasteiger partial charge in [-0.3, -0.25) is 4.98 Å². The number of hydrogen-bond donors (Lipinski definition) is 0. The van der Waals surface area contributed by atoms with Crippen molar-refractivity contribution in [1.29, 1.82) is 0 Å². The number of alkyl halides is 1. The Kier molecular flexibility index (Phi) is 2.22. The fraction of sp³-hybridized carbons (Fsp3) is 0.286. The topological polar surface area (TPSA) is 12.9 Å². The molecule has 0 fully saturated rings. The number of rotatable bonds is 1. The van der Waals surface area contributed by atoms with Crippen LogP contribution in [0.4, 0.5) is 0 Å². The number of pyridine rings is 1. The van der Waals surface area contributed by atoms with Gasteiger partial charge in [-0.05, 0) is 24.6 Å². The summed E-state index contributed by atoms with van der Waals surface area (Å²) in [6.07, 6.45) is 3.60. The third-order valence-corrected chi connectivity index (χ3v) is 1.69. The van der Waals surface area contributed by atoms with Crippen LogP contribution in [0.2, 0.25) is 0 Å². The van der Waals surface area contributed by atoms with Crippen molar-refractivity contribution in [3.8, 4) is 0 Å². The van der Waals surface area contributed by atoms with Crippen LogP contribution in [0.15, 0.2) is 24.5 Å². The third-order valence-electron chi connectivity index (χ3n) is 1.17. The largest absolute Gasteiger partial charge is 0.265 e. The Bertz CT molecular complexity index is 172. The average Bonchev–Trinajstić information content (AvgIpc) is 1.90. The van der Waals surface area contributed by atoms with E-state index in [-0.39, 0.29) is 0 Å². The van der Waals surface area contributed by atoms with Gasteiger partial charge in [-0.2, -0.15) is 0 Å². The second-order valence-corrected chi connectivity index (χ2v) is 3.27. The predicted octanol–water partition coefficient (Wildman–Crippen LogP) is 2.54. The van der Waals surface area contributed by atoms with E-state index in [0.29, 0.717) is 4.83 Å². The van der Waals surface area contributed by atoms with Gasteiger partial charge in [0.25, 0.3) is 0 Å². The van der Waals surface area contributed by atoms with E-state index < -0.39 is 0 Å². The lowest BCUT2D eigenvalue weighted by Gasteiger charge is -1.99. The molecule has 0 aliphatic rings. The second-order valence-electron chi connectivity index (χ2n) is 1.90. The highest BCUT2D eigenvalue weighted by molar-refractivity contribution is 9.09. The van der Waals surface area contributed by atoms with Crippen LogP contribution >= 0.6 is 15.9 Å². The van der Waals surface area contributed by atoms with Crippen molar-refractivity contribution < 1.29 is 0 Å². The minimum absolute atomic E-state index is 0.431. The molecular weight excluding hydrogens is 178 g/mol. The fourth-order valence-corrected chi connectivity index (χ4v) is 0.934. The van der Waals surface area contributed by atoms with Gasteiger partial charge in [0.15, 0.2) is 0 Å². The molecule has 0 saturated carbocycles. The van der Waals surface area contributed by atoms with Gasteiger partial charge in [0.2, 0.25) is 0 Å². The molecule has 0 saturated heterocycles. The fourth-order valence-electron chi connectivity index (χ4n) is 0.629. The number of hydrogen-bond acceptors (Lipinski definition) is 1. The van der Waals surface area contributed by atoms with E-state index in [1.54, 1.807) is 12.4 Å². The summed E-state index contributed by atoms with van der Waals surface area (Å²) in [6.45, 7) is 2.09. The van der Waals surface area contributed by atoms with E-state index >= 15 is 0 Å². The van der Waals surface area contributed by atoms with Crippen molar-refractivity contribution in [2.75, 3.05) is 0 Å². The average molecular weight is 186 g/mol. The van der Waals surface area contributed by atoms with E-state index in [1.807, 2.05) is 12.1 Å². The lowest BCUT2D eigenvalue weighted by atomic mass is 10.2. The van der Waals surface area contributed by atoms with E-state index in [2.05, 4.69) is 27.8 Å². The summed E-state index contributed by atoms with van der Waals surface area (Å²) < 4.78 is 0. The monoisotopic (exact) mass is 185 g/mol. The Morgan fingerprint density at radius 1 is 1.44 bits per heavy atom. The summed E-state index contributed by atoms with van der Waals surface area (Å²) in [7, 11) is 0. The van der Waals surface area contributed by atoms with Crippen molar-refractivity contribution in [3.05, 3.63) is 30.1 Å². The molecule has 1 rings (SSSR count). The smallest absolute Gasteiger partial charge is 0.0368 e. The molecule has 1 aromatic heterocycles. The molecule has 1 atom stereocenters. The van der Waals surface area contributed by atoms with E-state index in [0.717, 1.165) is 0 Å². The lowest BCUT2D eigenvalue weighted by molar-refractivity contribution is 1.10. The van der Waals surface area contributed by atoms with E-state index in [4.69, 9.17) is 0 Å². The van der Waals surface area contributed by atoms with Crippen molar-refractivity contribution in [2.45, 2.75) is 11.8 Å². The minimum atomic E-state index is 0.431. The first-order valence-corrected chi connectivity index (χ1v) is 3.76. The Hall–Kier alpha value is -0.370. The molecule has 1 aromatic rings. The summed E-state index contributed by atoms with van der Waals surface area (Å²) in [4.78, 5) is 4.34. The molecule has 0 amide bonds. The molecule has 0 radical (unpaired) electrons. The third kappa shape index (κ3) is 1.79. The first-order chi connectivity index (χ1) is 4.30. The van der Waals surface area contributed by atoms with Crippen molar-refractivity contribution in [3.63, 3.8) is 0 Å². The van der Waals surface area contributed by atoms with Crippen molar-refractivity contribution in [1.82, 2.24) is 4.98 Å². The van der Waals surface area contributed by atoms with Gasteiger partial charge in [-0.1, -0.05) is 15.9 Å². The number of nitrogens with zero attached hydrogens (tertiary/aromatic N) is 1. The molecule has 1 unspecified atom stereocenters. The molecule has 0 bridgehead atoms. The maximum atomic E-state index is 3.91. The summed E-state index contributed by atoms with van der Waals surface area (Å²) in [6, 6.07) is 4.00. The highest BCUT2D eigenvalue weighted by Gasteiger charge is 1.95. The summed E-state index contributed by atoms with van der Waals surface area (Å²) in [5.41, 5.74) is 1.27. The lowest BCUT2D eigenvalue weighted by Crippen LogP contribution is -1.81. The Morgan fingerprint density at radius 2 is 2.00 bits per heavy atom. The minimum Gasteiger partial charge on any atom is -0.265 e. The molecule has 2 heteroatoms. The molecule has 1 heterocycles. The van der Waals surface area contributed by atoms with Crippen LogP contribution < -0.4 is 0 Å². The predicted molar refractivity (Wildman–Crippen MR) is 41.6 cm³/mol. The van der Waals surface area contributed by atoms with Gasteiger partial charge < -0.3 is 0 Å². The summed E-state index contributed by atoms with van der Waals surface area (Å²) in [5.74, 6) is 0. The molecule has 1 nitrogen and oxygen atoms in total. The maximum Gasteiger partial charge on any atom is 0.0368 e. The maximum absolute atomic E-state index is 3.91.